The first kappa shape index (κ1) is 15.1. The number of nitrogens with one attached hydrogen (secondary N) is 1. The van der Waals surface area contributed by atoms with Gasteiger partial charge in [-0.2, -0.15) is 0 Å². The van der Waals surface area contributed by atoms with Gasteiger partial charge in [-0.05, 0) is 38.9 Å². The molecule has 5 heteroatoms. The van der Waals surface area contributed by atoms with Gasteiger partial charge in [0.25, 0.3) is 0 Å². The predicted molar refractivity (Wildman–Crippen MR) is 76.8 cm³/mol. The van der Waals surface area contributed by atoms with Crippen LogP contribution in [0.5, 0.6) is 0 Å². The van der Waals surface area contributed by atoms with Crippen LogP contribution in [0.1, 0.15) is 41.6 Å². The number of nitrogens with zero attached hydrogens (tertiary/aromatic N) is 1. The molecule has 1 saturated heterocycles. The van der Waals surface area contributed by atoms with Crippen molar-refractivity contribution < 1.29 is 13.9 Å². The van der Waals surface area contributed by atoms with Gasteiger partial charge >= 0.3 is 5.97 Å². The Morgan fingerprint density at radius 1 is 1.60 bits per heavy atom. The Morgan fingerprint density at radius 3 is 3.00 bits per heavy atom. The van der Waals surface area contributed by atoms with E-state index in [0.29, 0.717) is 17.4 Å². The second kappa shape index (κ2) is 6.90. The lowest BCUT2D eigenvalue weighted by atomic mass is 10.1. The van der Waals surface area contributed by atoms with Gasteiger partial charge in [-0.25, -0.2) is 4.79 Å². The summed E-state index contributed by atoms with van der Waals surface area (Å²) in [5, 5.41) is 3.43. The molecule has 1 aliphatic heterocycles. The van der Waals surface area contributed by atoms with Gasteiger partial charge in [0.05, 0.1) is 13.7 Å². The lowest BCUT2D eigenvalue weighted by molar-refractivity contribution is 0.0599. The third-order valence-electron chi connectivity index (χ3n) is 3.93. The number of rotatable bonds is 5. The number of aryl methyl sites for hydroxylation is 1. The van der Waals surface area contributed by atoms with Gasteiger partial charge in [-0.1, -0.05) is 6.92 Å². The average molecular weight is 280 g/mol. The van der Waals surface area contributed by atoms with Crippen molar-refractivity contribution in [1.29, 1.82) is 0 Å². The molecule has 1 aliphatic rings. The molecule has 2 heterocycles. The summed E-state index contributed by atoms with van der Waals surface area (Å²) in [5.41, 5.74) is 0.528. The fraction of sp³-hybridized carbons (Fsp3) is 0.667. The first-order valence-electron chi connectivity index (χ1n) is 7.28. The molecule has 1 aromatic rings. The standard InChI is InChI=1S/C15H24N2O3/c1-4-17(12-6-5-7-16-9-12)10-13-8-14(11(2)20-13)15(18)19-3/h8,12,16H,4-7,9-10H2,1-3H3. The minimum absolute atomic E-state index is 0.333. The molecule has 1 aromatic heterocycles. The molecule has 1 N–H and O–H groups in total. The molecule has 1 atom stereocenters. The number of esters is 1. The van der Waals surface area contributed by atoms with Gasteiger partial charge in [0.15, 0.2) is 0 Å². The van der Waals surface area contributed by atoms with Crippen LogP contribution in [-0.2, 0) is 11.3 Å². The Hall–Kier alpha value is -1.33. The van der Waals surface area contributed by atoms with Crippen LogP contribution < -0.4 is 5.32 Å². The van der Waals surface area contributed by atoms with Crippen molar-refractivity contribution in [1.82, 2.24) is 10.2 Å². The quantitative estimate of drug-likeness (QED) is 0.835. The Labute approximate surface area is 120 Å². The molecule has 0 saturated carbocycles. The Morgan fingerprint density at radius 2 is 2.40 bits per heavy atom. The van der Waals surface area contributed by atoms with Gasteiger partial charge in [-0.3, -0.25) is 4.90 Å². The van der Waals surface area contributed by atoms with Crippen LogP contribution in [0.4, 0.5) is 0 Å². The maximum atomic E-state index is 11.6. The molecule has 0 radical (unpaired) electrons. The lowest BCUT2D eigenvalue weighted by Crippen LogP contribution is -2.45. The van der Waals surface area contributed by atoms with E-state index in [1.165, 1.54) is 20.0 Å². The van der Waals surface area contributed by atoms with Gasteiger partial charge in [0.2, 0.25) is 0 Å². The van der Waals surface area contributed by atoms with E-state index in [2.05, 4.69) is 17.1 Å². The normalized spacial score (nSPS) is 19.3. The van der Waals surface area contributed by atoms with Gasteiger partial charge in [0.1, 0.15) is 17.1 Å². The van der Waals surface area contributed by atoms with Crippen LogP contribution in [0.25, 0.3) is 0 Å². The zero-order valence-corrected chi connectivity index (χ0v) is 12.6. The van der Waals surface area contributed by atoms with Crippen LogP contribution in [0, 0.1) is 6.92 Å². The van der Waals surface area contributed by atoms with Crippen molar-refractivity contribution in [2.24, 2.45) is 0 Å². The second-order valence-corrected chi connectivity index (χ2v) is 5.24. The zero-order chi connectivity index (χ0) is 14.5. The predicted octanol–water partition coefficient (Wildman–Crippen LogP) is 1.95. The molecule has 0 aliphatic carbocycles. The molecular formula is C15H24N2O3. The molecule has 0 aromatic carbocycles. The summed E-state index contributed by atoms with van der Waals surface area (Å²) < 4.78 is 10.5. The topological polar surface area (TPSA) is 54.7 Å². The van der Waals surface area contributed by atoms with Crippen LogP contribution in [0.2, 0.25) is 0 Å². The second-order valence-electron chi connectivity index (χ2n) is 5.24. The molecule has 0 amide bonds. The molecule has 112 valence electrons. The highest BCUT2D eigenvalue weighted by Crippen LogP contribution is 2.19. The number of ether oxygens (including phenoxy) is 1. The number of furan rings is 1. The third kappa shape index (κ3) is 3.41. The summed E-state index contributed by atoms with van der Waals surface area (Å²) >= 11 is 0. The first-order chi connectivity index (χ1) is 9.65. The highest BCUT2D eigenvalue weighted by atomic mass is 16.5. The minimum atomic E-state index is -0.333. The Balaban J connectivity index is 2.05. The van der Waals surface area contributed by atoms with Crippen LogP contribution in [-0.4, -0.2) is 43.7 Å². The van der Waals surface area contributed by atoms with Crippen LogP contribution >= 0.6 is 0 Å². The number of carbonyl (C=O) groups is 1. The van der Waals surface area contributed by atoms with Crippen molar-refractivity contribution in [3.8, 4) is 0 Å². The van der Waals surface area contributed by atoms with E-state index in [1.54, 1.807) is 13.0 Å². The SMILES string of the molecule is CCN(Cc1cc(C(=O)OC)c(C)o1)C1CCCNC1. The molecule has 20 heavy (non-hydrogen) atoms. The number of methoxy groups -OCH3 is 1. The van der Waals surface area contributed by atoms with E-state index in [1.807, 2.05) is 0 Å². The number of likely N-dealkylation sites (N-methyl/N-ethyl adjacent to an activating group) is 1. The largest absolute Gasteiger partial charge is 0.465 e. The first-order valence-corrected chi connectivity index (χ1v) is 7.28. The van der Waals surface area contributed by atoms with E-state index < -0.39 is 0 Å². The summed E-state index contributed by atoms with van der Waals surface area (Å²) in [5.74, 6) is 1.12. The fourth-order valence-corrected chi connectivity index (χ4v) is 2.78. The van der Waals surface area contributed by atoms with Crippen LogP contribution in [0.15, 0.2) is 10.5 Å². The van der Waals surface area contributed by atoms with Crippen molar-refractivity contribution in [3.05, 3.63) is 23.2 Å². The smallest absolute Gasteiger partial charge is 0.341 e. The van der Waals surface area contributed by atoms with E-state index in [-0.39, 0.29) is 5.97 Å². The van der Waals surface area contributed by atoms with Crippen molar-refractivity contribution in [3.63, 3.8) is 0 Å². The van der Waals surface area contributed by atoms with E-state index in [9.17, 15) is 4.79 Å². The van der Waals surface area contributed by atoms with Crippen molar-refractivity contribution in [2.45, 2.75) is 39.3 Å². The molecule has 2 rings (SSSR count). The molecule has 1 unspecified atom stereocenters. The monoisotopic (exact) mass is 280 g/mol. The minimum Gasteiger partial charge on any atom is -0.465 e. The Bertz CT molecular complexity index is 450. The van der Waals surface area contributed by atoms with Crippen molar-refractivity contribution >= 4 is 5.97 Å². The number of hydrogen-bond donors (Lipinski definition) is 1. The average Bonchev–Trinajstić information content (AvgIpc) is 2.85. The molecule has 0 spiro atoms. The number of piperidine rings is 1. The molecule has 0 bridgehead atoms. The summed E-state index contributed by atoms with van der Waals surface area (Å²) in [7, 11) is 1.39. The fourth-order valence-electron chi connectivity index (χ4n) is 2.78. The maximum Gasteiger partial charge on any atom is 0.341 e. The number of hydrogen-bond acceptors (Lipinski definition) is 5. The van der Waals surface area contributed by atoms with Gasteiger partial charge in [-0.15, -0.1) is 0 Å². The Kier molecular flexibility index (Phi) is 5.20. The van der Waals surface area contributed by atoms with E-state index >= 15 is 0 Å². The summed E-state index contributed by atoms with van der Waals surface area (Å²) in [6.07, 6.45) is 2.43. The summed E-state index contributed by atoms with van der Waals surface area (Å²) in [4.78, 5) is 14.0. The molecule has 5 nitrogen and oxygen atoms in total. The highest BCUT2D eigenvalue weighted by Gasteiger charge is 2.22. The number of carbonyl (C=O) groups excluding carboxylic acids is 1. The lowest BCUT2D eigenvalue weighted by Gasteiger charge is -2.33. The zero-order valence-electron chi connectivity index (χ0n) is 12.6. The summed E-state index contributed by atoms with van der Waals surface area (Å²) in [6.45, 7) is 7.80. The van der Waals surface area contributed by atoms with E-state index in [4.69, 9.17) is 9.15 Å². The van der Waals surface area contributed by atoms with Gasteiger partial charge in [0, 0.05) is 12.6 Å². The maximum absolute atomic E-state index is 11.6. The van der Waals surface area contributed by atoms with Crippen LogP contribution in [0.3, 0.4) is 0 Å². The molecular weight excluding hydrogens is 256 g/mol. The van der Waals surface area contributed by atoms with Crippen molar-refractivity contribution in [2.75, 3.05) is 26.7 Å². The highest BCUT2D eigenvalue weighted by molar-refractivity contribution is 5.90. The third-order valence-corrected chi connectivity index (χ3v) is 3.93. The summed E-state index contributed by atoms with van der Waals surface area (Å²) in [6, 6.07) is 2.35. The van der Waals surface area contributed by atoms with Gasteiger partial charge < -0.3 is 14.5 Å². The molecule has 1 fully saturated rings. The van der Waals surface area contributed by atoms with E-state index in [0.717, 1.165) is 31.9 Å².